The van der Waals surface area contributed by atoms with Gasteiger partial charge in [-0.15, -0.1) is 0 Å². The van der Waals surface area contributed by atoms with Gasteiger partial charge in [-0.1, -0.05) is 34.1 Å². The summed E-state index contributed by atoms with van der Waals surface area (Å²) in [6.45, 7) is 2.01. The van der Waals surface area contributed by atoms with Crippen LogP contribution in [-0.4, -0.2) is 34.2 Å². The molecule has 0 saturated carbocycles. The first kappa shape index (κ1) is 13.0. The van der Waals surface area contributed by atoms with Gasteiger partial charge in [0.05, 0.1) is 11.1 Å². The zero-order valence-corrected chi connectivity index (χ0v) is 12.0. The van der Waals surface area contributed by atoms with Crippen LogP contribution in [0.15, 0.2) is 36.5 Å². The lowest BCUT2D eigenvalue weighted by molar-refractivity contribution is 0.0760. The predicted molar refractivity (Wildman–Crippen MR) is 77.1 cm³/mol. The van der Waals surface area contributed by atoms with E-state index in [1.54, 1.807) is 17.2 Å². The molecule has 0 saturated heterocycles. The number of hydrogen-bond donors (Lipinski definition) is 0. The molecule has 0 aliphatic rings. The van der Waals surface area contributed by atoms with Crippen LogP contribution in [0, 0.1) is 0 Å². The van der Waals surface area contributed by atoms with Gasteiger partial charge in [-0.05, 0) is 19.1 Å². The number of halogens is 1. The standard InChI is InChI=1S/C14H15BrN2O/c1-10(9-15)17(2)14(18)12-7-8-16-13-6-4-3-5-11(12)13/h3-8,10H,9H2,1-2H3. The highest BCUT2D eigenvalue weighted by Crippen LogP contribution is 2.18. The third-order valence-electron chi connectivity index (χ3n) is 3.08. The summed E-state index contributed by atoms with van der Waals surface area (Å²) in [5.74, 6) is 0.0283. The van der Waals surface area contributed by atoms with Crippen molar-refractivity contribution >= 4 is 32.7 Å². The van der Waals surface area contributed by atoms with Gasteiger partial charge in [0, 0.05) is 30.0 Å². The van der Waals surface area contributed by atoms with Crippen LogP contribution in [0.1, 0.15) is 17.3 Å². The van der Waals surface area contributed by atoms with E-state index in [1.807, 2.05) is 38.2 Å². The maximum Gasteiger partial charge on any atom is 0.254 e. The largest absolute Gasteiger partial charge is 0.338 e. The summed E-state index contributed by atoms with van der Waals surface area (Å²) in [7, 11) is 1.82. The summed E-state index contributed by atoms with van der Waals surface area (Å²) in [6.07, 6.45) is 1.68. The van der Waals surface area contributed by atoms with Gasteiger partial charge in [-0.2, -0.15) is 0 Å². The third-order valence-corrected chi connectivity index (χ3v) is 4.02. The lowest BCUT2D eigenvalue weighted by Crippen LogP contribution is -2.36. The Morgan fingerprint density at radius 1 is 1.39 bits per heavy atom. The molecular formula is C14H15BrN2O. The number of para-hydroxylation sites is 1. The number of amides is 1. The molecule has 1 aromatic heterocycles. The van der Waals surface area contributed by atoms with E-state index in [4.69, 9.17) is 0 Å². The van der Waals surface area contributed by atoms with E-state index in [1.165, 1.54) is 0 Å². The molecule has 4 heteroatoms. The van der Waals surface area contributed by atoms with Crippen LogP contribution in [0.25, 0.3) is 10.9 Å². The molecule has 3 nitrogen and oxygen atoms in total. The van der Waals surface area contributed by atoms with E-state index in [0.29, 0.717) is 5.56 Å². The summed E-state index contributed by atoms with van der Waals surface area (Å²) >= 11 is 3.40. The predicted octanol–water partition coefficient (Wildman–Crippen LogP) is 3.09. The smallest absolute Gasteiger partial charge is 0.254 e. The monoisotopic (exact) mass is 306 g/mol. The molecule has 1 unspecified atom stereocenters. The minimum Gasteiger partial charge on any atom is -0.338 e. The molecule has 2 rings (SSSR count). The topological polar surface area (TPSA) is 33.2 Å². The zero-order valence-electron chi connectivity index (χ0n) is 10.4. The Labute approximate surface area is 115 Å². The van der Waals surface area contributed by atoms with Crippen molar-refractivity contribution in [2.75, 3.05) is 12.4 Å². The van der Waals surface area contributed by atoms with Gasteiger partial charge in [0.15, 0.2) is 0 Å². The van der Waals surface area contributed by atoms with Gasteiger partial charge in [-0.3, -0.25) is 9.78 Å². The van der Waals surface area contributed by atoms with Crippen LogP contribution in [0.2, 0.25) is 0 Å². The van der Waals surface area contributed by atoms with Gasteiger partial charge < -0.3 is 4.90 Å². The maximum atomic E-state index is 12.4. The number of rotatable bonds is 3. The van der Waals surface area contributed by atoms with E-state index >= 15 is 0 Å². The summed E-state index contributed by atoms with van der Waals surface area (Å²) in [5.41, 5.74) is 1.55. The SMILES string of the molecule is CC(CBr)N(C)C(=O)c1ccnc2ccccc12. The lowest BCUT2D eigenvalue weighted by Gasteiger charge is -2.23. The normalized spacial score (nSPS) is 12.4. The van der Waals surface area contributed by atoms with Gasteiger partial charge in [-0.25, -0.2) is 0 Å². The maximum absolute atomic E-state index is 12.4. The second kappa shape index (κ2) is 5.48. The van der Waals surface area contributed by atoms with Gasteiger partial charge >= 0.3 is 0 Å². The van der Waals surface area contributed by atoms with E-state index < -0.39 is 0 Å². The Morgan fingerprint density at radius 3 is 2.83 bits per heavy atom. The van der Waals surface area contributed by atoms with Crippen molar-refractivity contribution in [2.24, 2.45) is 0 Å². The number of carbonyl (C=O) groups excluding carboxylic acids is 1. The van der Waals surface area contributed by atoms with Crippen molar-refractivity contribution in [1.29, 1.82) is 0 Å². The fourth-order valence-electron chi connectivity index (χ4n) is 1.78. The fraction of sp³-hybridized carbons (Fsp3) is 0.286. The molecule has 1 atom stereocenters. The second-order valence-corrected chi connectivity index (χ2v) is 4.94. The third kappa shape index (κ3) is 2.38. The average Bonchev–Trinajstić information content (AvgIpc) is 2.44. The molecular weight excluding hydrogens is 292 g/mol. The number of hydrogen-bond acceptors (Lipinski definition) is 2. The Balaban J connectivity index is 2.45. The Bertz CT molecular complexity index is 565. The minimum atomic E-state index is 0.0283. The Morgan fingerprint density at radius 2 is 2.11 bits per heavy atom. The molecule has 0 radical (unpaired) electrons. The second-order valence-electron chi connectivity index (χ2n) is 4.30. The summed E-state index contributed by atoms with van der Waals surface area (Å²) in [5, 5.41) is 1.66. The molecule has 0 aliphatic carbocycles. The van der Waals surface area contributed by atoms with Crippen molar-refractivity contribution in [1.82, 2.24) is 9.88 Å². The lowest BCUT2D eigenvalue weighted by atomic mass is 10.1. The van der Waals surface area contributed by atoms with Crippen molar-refractivity contribution in [3.8, 4) is 0 Å². The average molecular weight is 307 g/mol. The molecule has 1 amide bonds. The molecule has 2 aromatic rings. The molecule has 0 fully saturated rings. The number of benzene rings is 1. The molecule has 0 N–H and O–H groups in total. The van der Waals surface area contributed by atoms with Crippen LogP contribution in [-0.2, 0) is 0 Å². The molecule has 0 spiro atoms. The van der Waals surface area contributed by atoms with Gasteiger partial charge in [0.1, 0.15) is 0 Å². The highest BCUT2D eigenvalue weighted by Gasteiger charge is 2.18. The number of alkyl halides is 1. The van der Waals surface area contributed by atoms with Crippen molar-refractivity contribution in [2.45, 2.75) is 13.0 Å². The quantitative estimate of drug-likeness (QED) is 0.816. The van der Waals surface area contributed by atoms with Gasteiger partial charge in [0.25, 0.3) is 5.91 Å². The number of aromatic nitrogens is 1. The van der Waals surface area contributed by atoms with E-state index in [9.17, 15) is 4.79 Å². The van der Waals surface area contributed by atoms with Crippen molar-refractivity contribution in [3.63, 3.8) is 0 Å². The van der Waals surface area contributed by atoms with Crippen LogP contribution < -0.4 is 0 Å². The van der Waals surface area contributed by atoms with Crippen LogP contribution in [0.4, 0.5) is 0 Å². The Kier molecular flexibility index (Phi) is 3.97. The summed E-state index contributed by atoms with van der Waals surface area (Å²) < 4.78 is 0. The number of pyridine rings is 1. The zero-order chi connectivity index (χ0) is 13.1. The summed E-state index contributed by atoms with van der Waals surface area (Å²) in [6, 6.07) is 9.64. The van der Waals surface area contributed by atoms with E-state index in [0.717, 1.165) is 16.2 Å². The van der Waals surface area contributed by atoms with Crippen LogP contribution >= 0.6 is 15.9 Å². The van der Waals surface area contributed by atoms with Crippen molar-refractivity contribution in [3.05, 3.63) is 42.1 Å². The van der Waals surface area contributed by atoms with Crippen molar-refractivity contribution < 1.29 is 4.79 Å². The van der Waals surface area contributed by atoms with Gasteiger partial charge in [0.2, 0.25) is 0 Å². The molecule has 94 valence electrons. The van der Waals surface area contributed by atoms with Crippen LogP contribution in [0.5, 0.6) is 0 Å². The highest BCUT2D eigenvalue weighted by molar-refractivity contribution is 9.09. The first-order valence-electron chi connectivity index (χ1n) is 5.82. The van der Waals surface area contributed by atoms with E-state index in [-0.39, 0.29) is 11.9 Å². The Hall–Kier alpha value is -1.42. The first-order chi connectivity index (χ1) is 8.65. The molecule has 0 aliphatic heterocycles. The van der Waals surface area contributed by atoms with E-state index in [2.05, 4.69) is 20.9 Å². The molecule has 18 heavy (non-hydrogen) atoms. The fourth-order valence-corrected chi connectivity index (χ4v) is 2.21. The highest BCUT2D eigenvalue weighted by atomic mass is 79.9. The first-order valence-corrected chi connectivity index (χ1v) is 6.94. The molecule has 0 bridgehead atoms. The summed E-state index contributed by atoms with van der Waals surface area (Å²) in [4.78, 5) is 18.5. The minimum absolute atomic E-state index is 0.0283. The van der Waals surface area contributed by atoms with Crippen LogP contribution in [0.3, 0.4) is 0 Å². The number of fused-ring (bicyclic) bond motifs is 1. The number of nitrogens with zero attached hydrogens (tertiary/aromatic N) is 2. The molecule has 1 aromatic carbocycles. The number of carbonyl (C=O) groups is 1. The molecule has 1 heterocycles.